The lowest BCUT2D eigenvalue weighted by Gasteiger charge is -2.20. The highest BCUT2D eigenvalue weighted by atomic mass is 32.1. The van der Waals surface area contributed by atoms with Crippen molar-refractivity contribution in [3.8, 4) is 0 Å². The van der Waals surface area contributed by atoms with Crippen LogP contribution in [-0.4, -0.2) is 17.7 Å². The number of ether oxygens (including phenoxy) is 1. The van der Waals surface area contributed by atoms with Crippen LogP contribution in [0.15, 0.2) is 60.7 Å². The Morgan fingerprint density at radius 2 is 1.81 bits per heavy atom. The molecule has 162 valence electrons. The number of esters is 1. The van der Waals surface area contributed by atoms with Crippen molar-refractivity contribution in [2.45, 2.75) is 39.7 Å². The van der Waals surface area contributed by atoms with Gasteiger partial charge in [-0.2, -0.15) is 0 Å². The maximum Gasteiger partial charge on any atom is 0.341 e. The highest BCUT2D eigenvalue weighted by molar-refractivity contribution is 7.80. The van der Waals surface area contributed by atoms with Gasteiger partial charge in [-0.25, -0.2) is 4.79 Å². The smallest absolute Gasteiger partial charge is 0.341 e. The van der Waals surface area contributed by atoms with Gasteiger partial charge in [0.25, 0.3) is 0 Å². The summed E-state index contributed by atoms with van der Waals surface area (Å²) >= 11 is 7.12. The van der Waals surface area contributed by atoms with Crippen molar-refractivity contribution in [2.24, 2.45) is 0 Å². The van der Waals surface area contributed by atoms with Crippen LogP contribution in [-0.2, 0) is 11.2 Å². The second kappa shape index (κ2) is 11.1. The van der Waals surface area contributed by atoms with Gasteiger partial charge in [0, 0.05) is 11.3 Å². The van der Waals surface area contributed by atoms with E-state index < -0.39 is 0 Å². The summed E-state index contributed by atoms with van der Waals surface area (Å²) in [7, 11) is 0. The molecular weight excluding hydrogens is 424 g/mol. The molecule has 0 amide bonds. The van der Waals surface area contributed by atoms with E-state index in [-0.39, 0.29) is 12.0 Å². The molecule has 3 rings (SSSR count). The quantitative estimate of drug-likeness (QED) is 0.312. The number of carbonyl (C=O) groups is 1. The lowest BCUT2D eigenvalue weighted by molar-refractivity contribution is 0.0528. The van der Waals surface area contributed by atoms with Gasteiger partial charge in [0.1, 0.15) is 5.00 Å². The van der Waals surface area contributed by atoms with Crippen LogP contribution in [0.1, 0.15) is 58.2 Å². The molecule has 1 unspecified atom stereocenters. The third kappa shape index (κ3) is 6.39. The molecule has 0 aliphatic heterocycles. The Balaban J connectivity index is 1.76. The zero-order valence-electron chi connectivity index (χ0n) is 18.1. The van der Waals surface area contributed by atoms with Gasteiger partial charge in [-0.15, -0.1) is 11.3 Å². The molecule has 1 aromatic heterocycles. The molecular formula is C25H28N2O2S2. The van der Waals surface area contributed by atoms with Crippen molar-refractivity contribution in [3.63, 3.8) is 0 Å². The molecule has 1 atom stereocenters. The van der Waals surface area contributed by atoms with E-state index in [0.29, 0.717) is 22.3 Å². The van der Waals surface area contributed by atoms with E-state index in [1.807, 2.05) is 31.2 Å². The summed E-state index contributed by atoms with van der Waals surface area (Å²) in [6, 6.07) is 20.6. The Labute approximate surface area is 193 Å². The lowest BCUT2D eigenvalue weighted by atomic mass is 10.0. The molecule has 0 aliphatic carbocycles. The number of benzene rings is 2. The second-order valence-corrected chi connectivity index (χ2v) is 8.85. The van der Waals surface area contributed by atoms with Crippen LogP contribution in [0.3, 0.4) is 0 Å². The molecule has 31 heavy (non-hydrogen) atoms. The molecule has 0 bridgehead atoms. The molecule has 6 heteroatoms. The van der Waals surface area contributed by atoms with Crippen LogP contribution in [0.25, 0.3) is 0 Å². The highest BCUT2D eigenvalue weighted by Crippen LogP contribution is 2.31. The Bertz CT molecular complexity index is 1010. The van der Waals surface area contributed by atoms with E-state index in [2.05, 4.69) is 60.9 Å². The normalized spacial score (nSPS) is 11.6. The Hall–Kier alpha value is -2.70. The molecule has 2 aromatic carbocycles. The topological polar surface area (TPSA) is 50.4 Å². The minimum absolute atomic E-state index is 0.0930. The molecule has 2 N–H and O–H groups in total. The summed E-state index contributed by atoms with van der Waals surface area (Å²) in [5, 5.41) is 7.82. The summed E-state index contributed by atoms with van der Waals surface area (Å²) in [5.74, 6) is -0.339. The number of thiocarbonyl (C=S) groups is 1. The van der Waals surface area contributed by atoms with Crippen molar-refractivity contribution < 1.29 is 9.53 Å². The van der Waals surface area contributed by atoms with Gasteiger partial charge in [-0.1, -0.05) is 67.1 Å². The molecule has 0 saturated carbocycles. The number of aryl methyl sites for hydroxylation is 1. The summed E-state index contributed by atoms with van der Waals surface area (Å²) in [5.41, 5.74) is 4.11. The van der Waals surface area contributed by atoms with Crippen LogP contribution in [0.2, 0.25) is 0 Å². The van der Waals surface area contributed by atoms with Crippen molar-refractivity contribution in [1.29, 1.82) is 0 Å². The fourth-order valence-corrected chi connectivity index (χ4v) is 4.69. The summed E-state index contributed by atoms with van der Waals surface area (Å²) in [6.07, 6.45) is 1.64. The Morgan fingerprint density at radius 1 is 1.10 bits per heavy atom. The Morgan fingerprint density at radius 3 is 2.45 bits per heavy atom. The maximum atomic E-state index is 12.5. The SMILES string of the molecule is CCOC(=O)c1cc(Cc2ccccc2)sc1NC(=S)NC(CC)c1ccc(C)cc1. The Kier molecular flexibility index (Phi) is 8.20. The molecule has 0 saturated heterocycles. The largest absolute Gasteiger partial charge is 0.462 e. The number of hydrogen-bond acceptors (Lipinski definition) is 4. The summed E-state index contributed by atoms with van der Waals surface area (Å²) < 4.78 is 5.26. The van der Waals surface area contributed by atoms with E-state index in [1.165, 1.54) is 28.0 Å². The van der Waals surface area contributed by atoms with Gasteiger partial charge in [0.15, 0.2) is 5.11 Å². The van der Waals surface area contributed by atoms with Gasteiger partial charge in [0.05, 0.1) is 18.2 Å². The average molecular weight is 453 g/mol. The fraction of sp³-hybridized carbons (Fsp3) is 0.280. The second-order valence-electron chi connectivity index (χ2n) is 7.31. The molecule has 3 aromatic rings. The lowest BCUT2D eigenvalue weighted by Crippen LogP contribution is -2.32. The van der Waals surface area contributed by atoms with Crippen LogP contribution in [0.5, 0.6) is 0 Å². The molecule has 0 spiro atoms. The van der Waals surface area contributed by atoms with Crippen LogP contribution < -0.4 is 10.6 Å². The predicted octanol–water partition coefficient (Wildman–Crippen LogP) is 6.26. The van der Waals surface area contributed by atoms with E-state index in [9.17, 15) is 4.79 Å². The third-order valence-electron chi connectivity index (χ3n) is 4.92. The molecule has 4 nitrogen and oxygen atoms in total. The van der Waals surface area contributed by atoms with Gasteiger partial charge < -0.3 is 15.4 Å². The number of thiophene rings is 1. The van der Waals surface area contributed by atoms with Gasteiger partial charge in [-0.05, 0) is 49.7 Å². The number of nitrogens with one attached hydrogen (secondary N) is 2. The number of rotatable bonds is 8. The molecule has 0 aliphatic rings. The van der Waals surface area contributed by atoms with Gasteiger partial charge in [0.2, 0.25) is 0 Å². The van der Waals surface area contributed by atoms with E-state index in [4.69, 9.17) is 17.0 Å². The molecule has 1 heterocycles. The zero-order chi connectivity index (χ0) is 22.2. The summed E-state index contributed by atoms with van der Waals surface area (Å²) in [6.45, 7) is 6.33. The minimum atomic E-state index is -0.339. The zero-order valence-corrected chi connectivity index (χ0v) is 19.7. The number of carbonyl (C=O) groups excluding carboxylic acids is 1. The number of anilines is 1. The van der Waals surface area contributed by atoms with Crippen LogP contribution >= 0.6 is 23.6 Å². The monoisotopic (exact) mass is 452 g/mol. The van der Waals surface area contributed by atoms with Crippen molar-refractivity contribution >= 4 is 39.6 Å². The van der Waals surface area contributed by atoms with Crippen molar-refractivity contribution in [1.82, 2.24) is 5.32 Å². The van der Waals surface area contributed by atoms with E-state index in [0.717, 1.165) is 17.7 Å². The standard InChI is InChI=1S/C25H28N2O2S2/c1-4-22(19-13-11-17(3)12-14-19)26-25(30)27-23-21(24(28)29-5-2)16-20(31-23)15-18-9-7-6-8-10-18/h6-14,16,22H,4-5,15H2,1-3H3,(H2,26,27,30). The third-order valence-corrected chi connectivity index (χ3v) is 6.19. The fourth-order valence-electron chi connectivity index (χ4n) is 3.30. The van der Waals surface area contributed by atoms with Crippen LogP contribution in [0, 0.1) is 6.92 Å². The minimum Gasteiger partial charge on any atom is -0.462 e. The highest BCUT2D eigenvalue weighted by Gasteiger charge is 2.19. The average Bonchev–Trinajstić information content (AvgIpc) is 3.15. The van der Waals surface area contributed by atoms with Crippen molar-refractivity contribution in [2.75, 3.05) is 11.9 Å². The van der Waals surface area contributed by atoms with E-state index >= 15 is 0 Å². The first-order valence-corrected chi connectivity index (χ1v) is 11.7. The van der Waals surface area contributed by atoms with Crippen molar-refractivity contribution in [3.05, 3.63) is 87.8 Å². The first kappa shape index (κ1) is 23.0. The van der Waals surface area contributed by atoms with Crippen LogP contribution in [0.4, 0.5) is 5.00 Å². The molecule has 0 fully saturated rings. The van der Waals surface area contributed by atoms with Gasteiger partial charge >= 0.3 is 5.97 Å². The molecule has 0 radical (unpaired) electrons. The van der Waals surface area contributed by atoms with E-state index in [1.54, 1.807) is 0 Å². The number of hydrogen-bond donors (Lipinski definition) is 2. The summed E-state index contributed by atoms with van der Waals surface area (Å²) in [4.78, 5) is 13.6. The maximum absolute atomic E-state index is 12.5. The first-order valence-electron chi connectivity index (χ1n) is 10.5. The first-order chi connectivity index (χ1) is 15.0. The van der Waals surface area contributed by atoms with Gasteiger partial charge in [-0.3, -0.25) is 0 Å². The predicted molar refractivity (Wildman–Crippen MR) is 133 cm³/mol.